The number of hydrogen-bond donors (Lipinski definition) is 1. The van der Waals surface area contributed by atoms with Crippen molar-refractivity contribution in [2.24, 2.45) is 0 Å². The predicted molar refractivity (Wildman–Crippen MR) is 91.0 cm³/mol. The molecule has 0 radical (unpaired) electrons. The van der Waals surface area contributed by atoms with E-state index in [1.165, 1.54) is 31.5 Å². The molecule has 0 aliphatic carbocycles. The second-order valence-electron chi connectivity index (χ2n) is 6.12. The molecule has 1 fully saturated rings. The summed E-state index contributed by atoms with van der Waals surface area (Å²) in [7, 11) is 0. The highest BCUT2D eigenvalue weighted by Gasteiger charge is 2.23. The normalized spacial score (nSPS) is 18.1. The fourth-order valence-electron chi connectivity index (χ4n) is 3.41. The number of hydrogen-bond acceptors (Lipinski definition) is 4. The van der Waals surface area contributed by atoms with E-state index in [4.69, 9.17) is 9.47 Å². The molecule has 0 saturated carbocycles. The number of anilines is 1. The number of nitrogens with zero attached hydrogens (tertiary/aromatic N) is 1. The Morgan fingerprint density at radius 1 is 0.957 bits per heavy atom. The van der Waals surface area contributed by atoms with Gasteiger partial charge in [0.25, 0.3) is 0 Å². The molecule has 2 aliphatic rings. The molecule has 1 N–H and O–H groups in total. The first-order chi connectivity index (χ1) is 11.4. The predicted octanol–water partition coefficient (Wildman–Crippen LogP) is 3.66. The summed E-state index contributed by atoms with van der Waals surface area (Å²) in [5, 5.41) is 3.57. The zero-order chi connectivity index (χ0) is 15.5. The van der Waals surface area contributed by atoms with Gasteiger partial charge in [-0.2, -0.15) is 0 Å². The lowest BCUT2D eigenvalue weighted by Gasteiger charge is -2.28. The Bertz CT molecular complexity index is 654. The van der Waals surface area contributed by atoms with Gasteiger partial charge in [-0.3, -0.25) is 4.90 Å². The molecule has 2 aliphatic heterocycles. The van der Waals surface area contributed by atoms with E-state index in [2.05, 4.69) is 46.6 Å². The van der Waals surface area contributed by atoms with Gasteiger partial charge in [0.15, 0.2) is 11.5 Å². The summed E-state index contributed by atoms with van der Waals surface area (Å²) in [6.45, 7) is 3.58. The molecule has 4 heteroatoms. The van der Waals surface area contributed by atoms with Crippen LogP contribution in [0.15, 0.2) is 48.5 Å². The lowest BCUT2D eigenvalue weighted by atomic mass is 10.1. The van der Waals surface area contributed by atoms with Gasteiger partial charge in [-0.25, -0.2) is 0 Å². The topological polar surface area (TPSA) is 33.7 Å². The maximum Gasteiger partial charge on any atom is 0.231 e. The molecule has 4 nitrogen and oxygen atoms in total. The molecule has 4 rings (SSSR count). The zero-order valence-corrected chi connectivity index (χ0v) is 13.2. The molecular weight excluding hydrogens is 288 g/mol. The fourth-order valence-corrected chi connectivity index (χ4v) is 3.41. The minimum Gasteiger partial charge on any atom is -0.454 e. The van der Waals surface area contributed by atoms with Gasteiger partial charge in [0.1, 0.15) is 0 Å². The van der Waals surface area contributed by atoms with Crippen molar-refractivity contribution in [3.8, 4) is 11.5 Å². The first kappa shape index (κ1) is 14.4. The number of fused-ring (bicyclic) bond motifs is 1. The highest BCUT2D eigenvalue weighted by molar-refractivity contribution is 5.55. The Labute approximate surface area is 137 Å². The molecule has 1 unspecified atom stereocenters. The first-order valence-electron chi connectivity index (χ1n) is 8.33. The van der Waals surface area contributed by atoms with E-state index < -0.39 is 0 Å². The van der Waals surface area contributed by atoms with Crippen molar-refractivity contribution in [1.82, 2.24) is 4.90 Å². The highest BCUT2D eigenvalue weighted by Crippen LogP contribution is 2.34. The Morgan fingerprint density at radius 2 is 1.74 bits per heavy atom. The maximum absolute atomic E-state index is 5.46. The molecular formula is C19H22N2O2. The van der Waals surface area contributed by atoms with Crippen LogP contribution >= 0.6 is 0 Å². The Kier molecular flexibility index (Phi) is 4.07. The van der Waals surface area contributed by atoms with Crippen LogP contribution in [-0.4, -0.2) is 31.3 Å². The zero-order valence-electron chi connectivity index (χ0n) is 13.2. The molecule has 1 saturated heterocycles. The largest absolute Gasteiger partial charge is 0.454 e. The summed E-state index contributed by atoms with van der Waals surface area (Å²) >= 11 is 0. The van der Waals surface area contributed by atoms with Crippen LogP contribution in [0, 0.1) is 0 Å². The monoisotopic (exact) mass is 310 g/mol. The van der Waals surface area contributed by atoms with Gasteiger partial charge in [-0.15, -0.1) is 0 Å². The van der Waals surface area contributed by atoms with Crippen molar-refractivity contribution >= 4 is 5.69 Å². The van der Waals surface area contributed by atoms with Crippen LogP contribution in [0.4, 0.5) is 5.69 Å². The van der Waals surface area contributed by atoms with Crippen LogP contribution in [0.25, 0.3) is 0 Å². The van der Waals surface area contributed by atoms with Gasteiger partial charge < -0.3 is 14.8 Å². The Hall–Kier alpha value is -2.20. The molecule has 120 valence electrons. The van der Waals surface area contributed by atoms with E-state index in [1.807, 2.05) is 12.1 Å². The third-order valence-electron chi connectivity index (χ3n) is 4.64. The van der Waals surface area contributed by atoms with E-state index >= 15 is 0 Å². The molecule has 2 aromatic carbocycles. The van der Waals surface area contributed by atoms with Gasteiger partial charge in [-0.05, 0) is 43.6 Å². The average molecular weight is 310 g/mol. The summed E-state index contributed by atoms with van der Waals surface area (Å²) in [5.74, 6) is 1.65. The Balaban J connectivity index is 1.49. The smallest absolute Gasteiger partial charge is 0.231 e. The van der Waals surface area contributed by atoms with Crippen LogP contribution in [0.1, 0.15) is 24.4 Å². The lowest BCUT2D eigenvalue weighted by molar-refractivity contribution is 0.174. The van der Waals surface area contributed by atoms with Gasteiger partial charge in [0.2, 0.25) is 6.79 Å². The van der Waals surface area contributed by atoms with Crippen molar-refractivity contribution in [3.05, 3.63) is 54.1 Å². The summed E-state index contributed by atoms with van der Waals surface area (Å²) in [6, 6.07) is 17.2. The van der Waals surface area contributed by atoms with Gasteiger partial charge in [0, 0.05) is 18.3 Å². The van der Waals surface area contributed by atoms with E-state index in [-0.39, 0.29) is 0 Å². The summed E-state index contributed by atoms with van der Waals surface area (Å²) in [6.07, 6.45) is 2.60. The van der Waals surface area contributed by atoms with E-state index in [1.54, 1.807) is 0 Å². The number of rotatable bonds is 5. The third-order valence-corrected chi connectivity index (χ3v) is 4.64. The van der Waals surface area contributed by atoms with Crippen molar-refractivity contribution in [2.45, 2.75) is 18.9 Å². The van der Waals surface area contributed by atoms with E-state index in [0.29, 0.717) is 12.8 Å². The molecule has 0 bridgehead atoms. The van der Waals surface area contributed by atoms with Crippen molar-refractivity contribution in [1.29, 1.82) is 0 Å². The van der Waals surface area contributed by atoms with Crippen molar-refractivity contribution in [2.75, 3.05) is 31.7 Å². The fraction of sp³-hybridized carbons (Fsp3) is 0.368. The second-order valence-corrected chi connectivity index (χ2v) is 6.12. The minimum absolute atomic E-state index is 0.319. The molecule has 2 heterocycles. The van der Waals surface area contributed by atoms with Crippen molar-refractivity contribution < 1.29 is 9.47 Å². The molecule has 0 spiro atoms. The molecule has 23 heavy (non-hydrogen) atoms. The van der Waals surface area contributed by atoms with Crippen LogP contribution in [0.2, 0.25) is 0 Å². The Morgan fingerprint density at radius 3 is 2.57 bits per heavy atom. The molecule has 0 aromatic heterocycles. The van der Waals surface area contributed by atoms with Crippen LogP contribution in [-0.2, 0) is 0 Å². The third kappa shape index (κ3) is 3.13. The van der Waals surface area contributed by atoms with Gasteiger partial charge in [-0.1, -0.05) is 30.3 Å². The summed E-state index contributed by atoms with van der Waals surface area (Å²) in [5.41, 5.74) is 2.46. The van der Waals surface area contributed by atoms with Gasteiger partial charge >= 0.3 is 0 Å². The number of likely N-dealkylation sites (tertiary alicyclic amines) is 1. The summed E-state index contributed by atoms with van der Waals surface area (Å²) in [4.78, 5) is 2.58. The molecule has 2 aromatic rings. The maximum atomic E-state index is 5.46. The van der Waals surface area contributed by atoms with Crippen LogP contribution < -0.4 is 14.8 Å². The number of ether oxygens (including phenoxy) is 2. The van der Waals surface area contributed by atoms with Crippen LogP contribution in [0.3, 0.4) is 0 Å². The lowest BCUT2D eigenvalue weighted by Crippen LogP contribution is -2.31. The average Bonchev–Trinajstić information content (AvgIpc) is 3.27. The number of benzene rings is 2. The van der Waals surface area contributed by atoms with Gasteiger partial charge in [0.05, 0.1) is 6.04 Å². The van der Waals surface area contributed by atoms with E-state index in [0.717, 1.165) is 23.7 Å². The second kappa shape index (κ2) is 6.50. The number of nitrogens with one attached hydrogen (secondary N) is 1. The van der Waals surface area contributed by atoms with E-state index in [9.17, 15) is 0 Å². The standard InChI is InChI=1S/C19H22N2O2/c1-2-6-15(7-3-1)17(21-10-4-5-11-21)13-20-16-8-9-18-19(12-16)23-14-22-18/h1-3,6-9,12,17,20H,4-5,10-11,13-14H2. The molecule has 1 atom stereocenters. The quantitative estimate of drug-likeness (QED) is 0.914. The van der Waals surface area contributed by atoms with Crippen LogP contribution in [0.5, 0.6) is 11.5 Å². The summed E-state index contributed by atoms with van der Waals surface area (Å²) < 4.78 is 10.8. The van der Waals surface area contributed by atoms with Crippen molar-refractivity contribution in [3.63, 3.8) is 0 Å². The molecule has 0 amide bonds. The highest BCUT2D eigenvalue weighted by atomic mass is 16.7. The first-order valence-corrected chi connectivity index (χ1v) is 8.33. The minimum atomic E-state index is 0.319. The SMILES string of the molecule is c1ccc(C(CNc2ccc3c(c2)OCO3)N2CCCC2)cc1.